The molecule has 0 bridgehead atoms. The van der Waals surface area contributed by atoms with Gasteiger partial charge in [0.2, 0.25) is 11.8 Å². The third-order valence-electron chi connectivity index (χ3n) is 4.10. The molecule has 124 valence electrons. The van der Waals surface area contributed by atoms with Gasteiger partial charge < -0.3 is 10.6 Å². The summed E-state index contributed by atoms with van der Waals surface area (Å²) < 4.78 is 0. The van der Waals surface area contributed by atoms with Crippen LogP contribution >= 0.6 is 23.2 Å². The van der Waals surface area contributed by atoms with Gasteiger partial charge in [-0.1, -0.05) is 35.3 Å². The van der Waals surface area contributed by atoms with E-state index in [4.69, 9.17) is 23.2 Å². The van der Waals surface area contributed by atoms with E-state index in [-0.39, 0.29) is 23.7 Å². The van der Waals surface area contributed by atoms with Crippen LogP contribution < -0.4 is 10.6 Å². The number of carbonyl (C=O) groups excluding carboxylic acids is 2. The van der Waals surface area contributed by atoms with Crippen LogP contribution in [0.2, 0.25) is 10.0 Å². The molecule has 1 aromatic carbocycles. The van der Waals surface area contributed by atoms with Gasteiger partial charge in [0.25, 0.3) is 0 Å². The average Bonchev–Trinajstić information content (AvgIpc) is 2.57. The number of hydrogen-bond acceptors (Lipinski definition) is 2. The molecule has 0 aromatic heterocycles. The Morgan fingerprint density at radius 2 is 1.74 bits per heavy atom. The zero-order valence-electron chi connectivity index (χ0n) is 12.8. The zero-order valence-corrected chi connectivity index (χ0v) is 14.3. The molecule has 6 heteroatoms. The summed E-state index contributed by atoms with van der Waals surface area (Å²) in [5, 5.41) is 6.40. The Bertz CT molecular complexity index is 596. The van der Waals surface area contributed by atoms with Crippen molar-refractivity contribution in [3.05, 3.63) is 40.9 Å². The van der Waals surface area contributed by atoms with E-state index in [2.05, 4.69) is 17.2 Å². The Morgan fingerprint density at radius 1 is 1.13 bits per heavy atom. The van der Waals surface area contributed by atoms with Crippen molar-refractivity contribution in [2.45, 2.75) is 25.7 Å². The van der Waals surface area contributed by atoms with Crippen molar-refractivity contribution < 1.29 is 9.59 Å². The van der Waals surface area contributed by atoms with Crippen molar-refractivity contribution in [1.82, 2.24) is 5.32 Å². The maximum atomic E-state index is 12.4. The molecule has 2 rings (SSSR count). The number of halogens is 2. The van der Waals surface area contributed by atoms with Gasteiger partial charge in [-0.15, -0.1) is 6.58 Å². The first-order valence-corrected chi connectivity index (χ1v) is 8.42. The van der Waals surface area contributed by atoms with Gasteiger partial charge in [-0.2, -0.15) is 0 Å². The third-order valence-corrected chi connectivity index (χ3v) is 4.92. The summed E-state index contributed by atoms with van der Waals surface area (Å²) in [6.07, 6.45) is 4.47. The Labute approximate surface area is 146 Å². The van der Waals surface area contributed by atoms with Gasteiger partial charge in [-0.25, -0.2) is 0 Å². The van der Waals surface area contributed by atoms with E-state index in [9.17, 15) is 9.59 Å². The maximum absolute atomic E-state index is 12.4. The standard InChI is InChI=1S/C17H20Cl2N2O2/c1-2-10-20-16(22)11-6-8-12(9-7-11)17(23)21-14-5-3-4-13(18)15(14)19/h2-5,11-12H,1,6-10H2,(H,20,22)(H,21,23). The minimum atomic E-state index is -0.103. The molecule has 23 heavy (non-hydrogen) atoms. The fourth-order valence-electron chi connectivity index (χ4n) is 2.77. The minimum absolute atomic E-state index is 0.0197. The second-order valence-corrected chi connectivity index (χ2v) is 6.46. The molecule has 0 spiro atoms. The molecular weight excluding hydrogens is 335 g/mol. The van der Waals surface area contributed by atoms with E-state index in [0.717, 1.165) is 0 Å². The second kappa shape index (κ2) is 8.37. The molecule has 2 amide bonds. The molecule has 1 fully saturated rings. The quantitative estimate of drug-likeness (QED) is 0.783. The summed E-state index contributed by atoms with van der Waals surface area (Å²) in [6.45, 7) is 4.06. The van der Waals surface area contributed by atoms with Crippen molar-refractivity contribution >= 4 is 40.7 Å². The van der Waals surface area contributed by atoms with Crippen LogP contribution in [-0.4, -0.2) is 18.4 Å². The molecular formula is C17H20Cl2N2O2. The van der Waals surface area contributed by atoms with Crippen molar-refractivity contribution in [2.75, 3.05) is 11.9 Å². The van der Waals surface area contributed by atoms with E-state index < -0.39 is 0 Å². The lowest BCUT2D eigenvalue weighted by atomic mass is 9.81. The van der Waals surface area contributed by atoms with E-state index >= 15 is 0 Å². The first kappa shape index (κ1) is 17.8. The predicted octanol–water partition coefficient (Wildman–Crippen LogP) is 4.04. The van der Waals surface area contributed by atoms with Crippen molar-refractivity contribution in [1.29, 1.82) is 0 Å². The highest BCUT2D eigenvalue weighted by Gasteiger charge is 2.30. The second-order valence-electron chi connectivity index (χ2n) is 5.67. The SMILES string of the molecule is C=CCNC(=O)C1CCC(C(=O)Nc2cccc(Cl)c2Cl)CC1. The average molecular weight is 355 g/mol. The molecule has 1 saturated carbocycles. The number of rotatable bonds is 5. The van der Waals surface area contributed by atoms with Crippen LogP contribution in [0.15, 0.2) is 30.9 Å². The first-order chi connectivity index (χ1) is 11.0. The van der Waals surface area contributed by atoms with Gasteiger partial charge in [-0.3, -0.25) is 9.59 Å². The fraction of sp³-hybridized carbons (Fsp3) is 0.412. The Hall–Kier alpha value is -1.52. The van der Waals surface area contributed by atoms with Crippen LogP contribution in [0, 0.1) is 11.8 Å². The maximum Gasteiger partial charge on any atom is 0.227 e. The smallest absolute Gasteiger partial charge is 0.227 e. The van der Waals surface area contributed by atoms with Crippen LogP contribution in [0.3, 0.4) is 0 Å². The summed E-state index contributed by atoms with van der Waals surface area (Å²) in [7, 11) is 0. The number of nitrogens with one attached hydrogen (secondary N) is 2. The molecule has 0 aliphatic heterocycles. The van der Waals surface area contributed by atoms with Gasteiger partial charge in [-0.05, 0) is 37.8 Å². The lowest BCUT2D eigenvalue weighted by Crippen LogP contribution is -2.35. The van der Waals surface area contributed by atoms with E-state index in [1.54, 1.807) is 24.3 Å². The van der Waals surface area contributed by atoms with Crippen molar-refractivity contribution in [2.24, 2.45) is 11.8 Å². The van der Waals surface area contributed by atoms with Crippen LogP contribution in [0.25, 0.3) is 0 Å². The lowest BCUT2D eigenvalue weighted by molar-refractivity contribution is -0.128. The topological polar surface area (TPSA) is 58.2 Å². The van der Waals surface area contributed by atoms with Gasteiger partial charge in [0.05, 0.1) is 15.7 Å². The number of anilines is 1. The van der Waals surface area contributed by atoms with Crippen molar-refractivity contribution in [3.63, 3.8) is 0 Å². The highest BCUT2D eigenvalue weighted by atomic mass is 35.5. The van der Waals surface area contributed by atoms with E-state index in [0.29, 0.717) is 48.0 Å². The molecule has 1 aromatic rings. The molecule has 4 nitrogen and oxygen atoms in total. The number of benzene rings is 1. The molecule has 0 heterocycles. The molecule has 0 atom stereocenters. The number of carbonyl (C=O) groups is 2. The van der Waals surface area contributed by atoms with Crippen LogP contribution in [-0.2, 0) is 9.59 Å². The van der Waals surface area contributed by atoms with Crippen LogP contribution in [0.1, 0.15) is 25.7 Å². The fourth-order valence-corrected chi connectivity index (χ4v) is 3.12. The summed E-state index contributed by atoms with van der Waals surface area (Å²) in [5.41, 5.74) is 0.523. The normalized spacial score (nSPS) is 20.6. The van der Waals surface area contributed by atoms with Gasteiger partial charge >= 0.3 is 0 Å². The molecule has 2 N–H and O–H groups in total. The highest BCUT2D eigenvalue weighted by molar-refractivity contribution is 6.44. The zero-order chi connectivity index (χ0) is 16.8. The van der Waals surface area contributed by atoms with Crippen LogP contribution in [0.4, 0.5) is 5.69 Å². The Balaban J connectivity index is 1.87. The largest absolute Gasteiger partial charge is 0.352 e. The number of amides is 2. The van der Waals surface area contributed by atoms with Gasteiger partial charge in [0.15, 0.2) is 0 Å². The van der Waals surface area contributed by atoms with E-state index in [1.165, 1.54) is 0 Å². The molecule has 0 radical (unpaired) electrons. The summed E-state index contributed by atoms with van der Waals surface area (Å²) >= 11 is 12.0. The van der Waals surface area contributed by atoms with Crippen LogP contribution in [0.5, 0.6) is 0 Å². The third kappa shape index (κ3) is 4.72. The molecule has 1 aliphatic rings. The molecule has 0 saturated heterocycles. The predicted molar refractivity (Wildman–Crippen MR) is 93.7 cm³/mol. The summed E-state index contributed by atoms with van der Waals surface area (Å²) in [6, 6.07) is 5.14. The highest BCUT2D eigenvalue weighted by Crippen LogP contribution is 2.33. The Morgan fingerprint density at radius 3 is 2.35 bits per heavy atom. The minimum Gasteiger partial charge on any atom is -0.352 e. The first-order valence-electron chi connectivity index (χ1n) is 7.66. The monoisotopic (exact) mass is 354 g/mol. The van der Waals surface area contributed by atoms with Gasteiger partial charge in [0.1, 0.15) is 0 Å². The lowest BCUT2D eigenvalue weighted by Gasteiger charge is -2.27. The Kier molecular flexibility index (Phi) is 6.48. The number of hydrogen-bond donors (Lipinski definition) is 2. The molecule has 0 unspecified atom stereocenters. The molecule has 1 aliphatic carbocycles. The summed E-state index contributed by atoms with van der Waals surface area (Å²) in [5.74, 6) is -0.150. The van der Waals surface area contributed by atoms with Crippen molar-refractivity contribution in [3.8, 4) is 0 Å². The van der Waals surface area contributed by atoms with Gasteiger partial charge in [0, 0.05) is 18.4 Å². The summed E-state index contributed by atoms with van der Waals surface area (Å²) in [4.78, 5) is 24.3. The van der Waals surface area contributed by atoms with E-state index in [1.807, 2.05) is 0 Å².